The molecule has 114 valence electrons. The van der Waals surface area contributed by atoms with Crippen molar-refractivity contribution < 1.29 is 19.0 Å². The molecule has 0 saturated carbocycles. The van der Waals surface area contributed by atoms with Crippen molar-refractivity contribution in [2.45, 2.75) is 20.0 Å². The molecule has 1 aliphatic rings. The second kappa shape index (κ2) is 5.97. The van der Waals surface area contributed by atoms with Crippen molar-refractivity contribution in [3.8, 4) is 17.2 Å². The molecule has 5 nitrogen and oxygen atoms in total. The van der Waals surface area contributed by atoms with E-state index in [-0.39, 0.29) is 12.7 Å². The molecule has 22 heavy (non-hydrogen) atoms. The van der Waals surface area contributed by atoms with Crippen LogP contribution in [0.2, 0.25) is 0 Å². The molecule has 2 aromatic rings. The number of carbonyl (C=O) groups is 1. The van der Waals surface area contributed by atoms with Crippen LogP contribution in [-0.4, -0.2) is 18.8 Å². The van der Waals surface area contributed by atoms with Gasteiger partial charge in [-0.05, 0) is 43.7 Å². The average molecular weight is 299 g/mol. The molecule has 0 bridgehead atoms. The zero-order valence-electron chi connectivity index (χ0n) is 12.5. The number of hydrogen-bond donors (Lipinski definition) is 1. The third kappa shape index (κ3) is 3.14. The summed E-state index contributed by atoms with van der Waals surface area (Å²) in [4.78, 5) is 12.2. The van der Waals surface area contributed by atoms with Crippen LogP contribution in [-0.2, 0) is 4.79 Å². The first-order valence-electron chi connectivity index (χ1n) is 7.05. The zero-order chi connectivity index (χ0) is 15.5. The summed E-state index contributed by atoms with van der Waals surface area (Å²) in [6, 6.07) is 12.9. The van der Waals surface area contributed by atoms with Crippen LogP contribution in [0.5, 0.6) is 17.2 Å². The van der Waals surface area contributed by atoms with Gasteiger partial charge in [-0.15, -0.1) is 0 Å². The Hall–Kier alpha value is -2.69. The average Bonchev–Trinajstić information content (AvgIpc) is 2.94. The maximum absolute atomic E-state index is 12.2. The van der Waals surface area contributed by atoms with Crippen molar-refractivity contribution in [2.75, 3.05) is 12.1 Å². The molecule has 0 aliphatic carbocycles. The van der Waals surface area contributed by atoms with Gasteiger partial charge in [0, 0.05) is 11.8 Å². The summed E-state index contributed by atoms with van der Waals surface area (Å²) in [7, 11) is 0. The van der Waals surface area contributed by atoms with Crippen molar-refractivity contribution in [1.29, 1.82) is 0 Å². The quantitative estimate of drug-likeness (QED) is 0.942. The topological polar surface area (TPSA) is 56.8 Å². The van der Waals surface area contributed by atoms with Crippen molar-refractivity contribution in [3.63, 3.8) is 0 Å². The first kappa shape index (κ1) is 14.3. The number of aryl methyl sites for hydroxylation is 1. The molecule has 2 aromatic carbocycles. The number of carbonyl (C=O) groups excluding carboxylic acids is 1. The fourth-order valence-electron chi connectivity index (χ4n) is 2.17. The Morgan fingerprint density at radius 2 is 2.00 bits per heavy atom. The Bertz CT molecular complexity index is 699. The van der Waals surface area contributed by atoms with Gasteiger partial charge in [-0.3, -0.25) is 4.79 Å². The van der Waals surface area contributed by atoms with E-state index in [9.17, 15) is 4.79 Å². The number of benzene rings is 2. The minimum Gasteiger partial charge on any atom is -0.481 e. The standard InChI is InChI=1S/C17H17NO4/c1-11-4-3-5-13(8-11)18-17(19)12(2)22-14-6-7-15-16(9-14)21-10-20-15/h3-9,12H,10H2,1-2H3,(H,18,19)/t12-/m1/s1. The molecule has 0 fully saturated rings. The van der Waals surface area contributed by atoms with Crippen molar-refractivity contribution in [3.05, 3.63) is 48.0 Å². The fraction of sp³-hybridized carbons (Fsp3) is 0.235. The predicted octanol–water partition coefficient (Wildman–Crippen LogP) is 3.13. The number of anilines is 1. The maximum atomic E-state index is 12.2. The highest BCUT2D eigenvalue weighted by atomic mass is 16.7. The summed E-state index contributed by atoms with van der Waals surface area (Å²) in [5.74, 6) is 1.67. The van der Waals surface area contributed by atoms with Gasteiger partial charge >= 0.3 is 0 Å². The molecule has 1 heterocycles. The van der Waals surface area contributed by atoms with E-state index < -0.39 is 6.10 Å². The maximum Gasteiger partial charge on any atom is 0.265 e. The summed E-state index contributed by atoms with van der Waals surface area (Å²) in [5.41, 5.74) is 1.84. The van der Waals surface area contributed by atoms with E-state index >= 15 is 0 Å². The van der Waals surface area contributed by atoms with Gasteiger partial charge in [0.2, 0.25) is 6.79 Å². The van der Waals surface area contributed by atoms with E-state index in [1.807, 2.05) is 31.2 Å². The molecule has 1 atom stereocenters. The molecule has 0 spiro atoms. The number of nitrogens with one attached hydrogen (secondary N) is 1. The van der Waals surface area contributed by atoms with Gasteiger partial charge in [-0.25, -0.2) is 0 Å². The Morgan fingerprint density at radius 1 is 1.18 bits per heavy atom. The third-order valence-electron chi connectivity index (χ3n) is 3.31. The smallest absolute Gasteiger partial charge is 0.265 e. The number of amides is 1. The van der Waals surface area contributed by atoms with Crippen LogP contribution in [0.4, 0.5) is 5.69 Å². The lowest BCUT2D eigenvalue weighted by Gasteiger charge is -2.15. The monoisotopic (exact) mass is 299 g/mol. The molecule has 1 N–H and O–H groups in total. The second-order valence-corrected chi connectivity index (χ2v) is 5.13. The van der Waals surface area contributed by atoms with Gasteiger partial charge in [-0.1, -0.05) is 12.1 Å². The summed E-state index contributed by atoms with van der Waals surface area (Å²) in [6.45, 7) is 3.89. The molecule has 0 radical (unpaired) electrons. The van der Waals surface area contributed by atoms with Gasteiger partial charge in [0.1, 0.15) is 5.75 Å². The van der Waals surface area contributed by atoms with E-state index in [4.69, 9.17) is 14.2 Å². The zero-order valence-corrected chi connectivity index (χ0v) is 12.5. The molecule has 1 amide bonds. The minimum absolute atomic E-state index is 0.205. The van der Waals surface area contributed by atoms with Gasteiger partial charge in [0.15, 0.2) is 17.6 Å². The molecule has 0 aromatic heterocycles. The molecule has 0 saturated heterocycles. The van der Waals surface area contributed by atoms with Crippen LogP contribution in [0.1, 0.15) is 12.5 Å². The van der Waals surface area contributed by atoms with E-state index in [1.54, 1.807) is 25.1 Å². The fourth-order valence-corrected chi connectivity index (χ4v) is 2.17. The highest BCUT2D eigenvalue weighted by molar-refractivity contribution is 5.94. The minimum atomic E-state index is -0.624. The van der Waals surface area contributed by atoms with Gasteiger partial charge < -0.3 is 19.5 Å². The lowest BCUT2D eigenvalue weighted by molar-refractivity contribution is -0.122. The molecular formula is C17H17NO4. The second-order valence-electron chi connectivity index (χ2n) is 5.13. The van der Waals surface area contributed by atoms with Crippen LogP contribution in [0.15, 0.2) is 42.5 Å². The summed E-state index contributed by atoms with van der Waals surface area (Å²) < 4.78 is 16.2. The molecule has 1 aliphatic heterocycles. The van der Waals surface area contributed by atoms with Crippen molar-refractivity contribution in [2.24, 2.45) is 0 Å². The highest BCUT2D eigenvalue weighted by Crippen LogP contribution is 2.35. The van der Waals surface area contributed by atoms with Crippen molar-refractivity contribution in [1.82, 2.24) is 0 Å². The first-order valence-corrected chi connectivity index (χ1v) is 7.05. The van der Waals surface area contributed by atoms with Crippen LogP contribution in [0, 0.1) is 6.92 Å². The van der Waals surface area contributed by atoms with Crippen LogP contribution in [0.25, 0.3) is 0 Å². The number of rotatable bonds is 4. The van der Waals surface area contributed by atoms with Crippen LogP contribution < -0.4 is 19.5 Å². The highest BCUT2D eigenvalue weighted by Gasteiger charge is 2.18. The lowest BCUT2D eigenvalue weighted by Crippen LogP contribution is -2.30. The molecule has 5 heteroatoms. The Morgan fingerprint density at radius 3 is 2.82 bits per heavy atom. The first-order chi connectivity index (χ1) is 10.6. The van der Waals surface area contributed by atoms with Crippen LogP contribution in [0.3, 0.4) is 0 Å². The normalized spacial score (nSPS) is 13.5. The number of fused-ring (bicyclic) bond motifs is 1. The van der Waals surface area contributed by atoms with Crippen molar-refractivity contribution >= 4 is 11.6 Å². The third-order valence-corrected chi connectivity index (χ3v) is 3.31. The molecule has 3 rings (SSSR count). The summed E-state index contributed by atoms with van der Waals surface area (Å²) in [5, 5.41) is 2.84. The Kier molecular flexibility index (Phi) is 3.87. The summed E-state index contributed by atoms with van der Waals surface area (Å²) >= 11 is 0. The van der Waals surface area contributed by atoms with E-state index in [1.165, 1.54) is 0 Å². The van der Waals surface area contributed by atoms with E-state index in [2.05, 4.69) is 5.32 Å². The van der Waals surface area contributed by atoms with E-state index in [0.717, 1.165) is 11.3 Å². The van der Waals surface area contributed by atoms with Crippen LogP contribution >= 0.6 is 0 Å². The van der Waals surface area contributed by atoms with Gasteiger partial charge in [-0.2, -0.15) is 0 Å². The predicted molar refractivity (Wildman–Crippen MR) is 82.5 cm³/mol. The molecule has 0 unspecified atom stereocenters. The summed E-state index contributed by atoms with van der Waals surface area (Å²) in [6.07, 6.45) is -0.624. The Balaban J connectivity index is 1.63. The van der Waals surface area contributed by atoms with Gasteiger partial charge in [0.05, 0.1) is 0 Å². The number of hydrogen-bond acceptors (Lipinski definition) is 4. The lowest BCUT2D eigenvalue weighted by atomic mass is 10.2. The van der Waals surface area contributed by atoms with E-state index in [0.29, 0.717) is 17.2 Å². The SMILES string of the molecule is Cc1cccc(NC(=O)[C@@H](C)Oc2ccc3c(c2)OCO3)c1. The largest absolute Gasteiger partial charge is 0.481 e. The van der Waals surface area contributed by atoms with Gasteiger partial charge in [0.25, 0.3) is 5.91 Å². The Labute approximate surface area is 128 Å². The molecular weight excluding hydrogens is 282 g/mol. The number of ether oxygens (including phenoxy) is 3.